The van der Waals surface area contributed by atoms with Crippen LogP contribution in [0.1, 0.15) is 15.9 Å². The Kier molecular flexibility index (Phi) is 3.82. The van der Waals surface area contributed by atoms with Crippen molar-refractivity contribution in [2.75, 3.05) is 17.7 Å². The zero-order valence-electron chi connectivity index (χ0n) is 13.1. The number of carbonyl (C=O) groups is 1. The molecule has 0 atom stereocenters. The summed E-state index contributed by atoms with van der Waals surface area (Å²) in [7, 11) is 0. The SMILES string of the molecule is CSc1ncccc1C(=O)N1CCc2cc(-c3ccno3)ccc21. The number of rotatable bonds is 3. The van der Waals surface area contributed by atoms with Crippen LogP contribution < -0.4 is 4.90 Å². The molecule has 5 nitrogen and oxygen atoms in total. The molecule has 1 aliphatic rings. The van der Waals surface area contributed by atoms with Gasteiger partial charge in [-0.15, -0.1) is 11.8 Å². The van der Waals surface area contributed by atoms with E-state index in [-0.39, 0.29) is 5.91 Å². The third-order valence-corrected chi connectivity index (χ3v) is 4.85. The molecule has 3 heterocycles. The monoisotopic (exact) mass is 337 g/mol. The van der Waals surface area contributed by atoms with E-state index >= 15 is 0 Å². The summed E-state index contributed by atoms with van der Waals surface area (Å²) >= 11 is 1.49. The lowest BCUT2D eigenvalue weighted by molar-refractivity contribution is 0.0986. The molecule has 0 spiro atoms. The third-order valence-electron chi connectivity index (χ3n) is 4.14. The molecule has 1 aliphatic heterocycles. The maximum atomic E-state index is 12.9. The van der Waals surface area contributed by atoms with Gasteiger partial charge in [-0.3, -0.25) is 4.79 Å². The van der Waals surface area contributed by atoms with Crippen LogP contribution in [0.2, 0.25) is 0 Å². The van der Waals surface area contributed by atoms with Gasteiger partial charge >= 0.3 is 0 Å². The molecule has 3 aromatic rings. The highest BCUT2D eigenvalue weighted by Gasteiger charge is 2.27. The van der Waals surface area contributed by atoms with Gasteiger partial charge in [-0.2, -0.15) is 0 Å². The predicted octanol–water partition coefficient (Wildman–Crippen LogP) is 3.66. The highest BCUT2D eigenvalue weighted by Crippen LogP contribution is 2.34. The predicted molar refractivity (Wildman–Crippen MR) is 93.3 cm³/mol. The van der Waals surface area contributed by atoms with Gasteiger partial charge in [0.25, 0.3) is 5.91 Å². The molecule has 1 amide bonds. The van der Waals surface area contributed by atoms with E-state index in [0.717, 1.165) is 34.0 Å². The van der Waals surface area contributed by atoms with Crippen LogP contribution in [0.5, 0.6) is 0 Å². The van der Waals surface area contributed by atoms with Crippen molar-refractivity contribution >= 4 is 23.4 Å². The normalized spacial score (nSPS) is 13.1. The maximum Gasteiger partial charge on any atom is 0.261 e. The molecule has 6 heteroatoms. The van der Waals surface area contributed by atoms with Crippen LogP contribution in [0.3, 0.4) is 0 Å². The molecule has 4 rings (SSSR count). The van der Waals surface area contributed by atoms with Crippen molar-refractivity contribution in [2.24, 2.45) is 0 Å². The quantitative estimate of drug-likeness (QED) is 0.683. The number of fused-ring (bicyclic) bond motifs is 1. The van der Waals surface area contributed by atoms with E-state index in [1.54, 1.807) is 18.5 Å². The molecule has 0 fully saturated rings. The Morgan fingerprint density at radius 1 is 1.25 bits per heavy atom. The van der Waals surface area contributed by atoms with Crippen LogP contribution in [0.25, 0.3) is 11.3 Å². The summed E-state index contributed by atoms with van der Waals surface area (Å²) in [6.45, 7) is 0.677. The van der Waals surface area contributed by atoms with Crippen LogP contribution in [0.15, 0.2) is 58.3 Å². The van der Waals surface area contributed by atoms with Crippen molar-refractivity contribution in [1.29, 1.82) is 0 Å². The molecular formula is C18H15N3O2S. The van der Waals surface area contributed by atoms with Crippen LogP contribution in [0, 0.1) is 0 Å². The van der Waals surface area contributed by atoms with E-state index in [0.29, 0.717) is 12.1 Å². The summed E-state index contributed by atoms with van der Waals surface area (Å²) in [5.74, 6) is 0.734. The first kappa shape index (κ1) is 15.0. The van der Waals surface area contributed by atoms with E-state index in [2.05, 4.69) is 16.2 Å². The lowest BCUT2D eigenvalue weighted by Gasteiger charge is -2.18. The third kappa shape index (κ3) is 2.49. The number of hydrogen-bond acceptors (Lipinski definition) is 5. The van der Waals surface area contributed by atoms with Gasteiger partial charge in [0.1, 0.15) is 5.03 Å². The topological polar surface area (TPSA) is 59.2 Å². The highest BCUT2D eigenvalue weighted by molar-refractivity contribution is 7.98. The summed E-state index contributed by atoms with van der Waals surface area (Å²) in [6, 6.07) is 11.5. The molecule has 0 saturated carbocycles. The summed E-state index contributed by atoms with van der Waals surface area (Å²) in [5, 5.41) is 4.50. The molecule has 1 aromatic carbocycles. The Balaban J connectivity index is 1.68. The summed E-state index contributed by atoms with van der Waals surface area (Å²) in [5.41, 5.74) is 3.73. The number of aromatic nitrogens is 2. The van der Waals surface area contributed by atoms with E-state index < -0.39 is 0 Å². The van der Waals surface area contributed by atoms with Crippen LogP contribution in [0.4, 0.5) is 5.69 Å². The first-order valence-corrected chi connectivity index (χ1v) is 8.85. The van der Waals surface area contributed by atoms with Gasteiger partial charge < -0.3 is 9.42 Å². The fourth-order valence-corrected chi connectivity index (χ4v) is 3.53. The number of anilines is 1. The molecule has 0 bridgehead atoms. The number of carbonyl (C=O) groups excluding carboxylic acids is 1. The van der Waals surface area contributed by atoms with E-state index in [1.807, 2.05) is 35.4 Å². The number of pyridine rings is 1. The minimum absolute atomic E-state index is 0.00128. The second-order valence-electron chi connectivity index (χ2n) is 5.49. The molecule has 2 aromatic heterocycles. The van der Waals surface area contributed by atoms with Crippen molar-refractivity contribution < 1.29 is 9.32 Å². The zero-order chi connectivity index (χ0) is 16.5. The standard InChI is InChI=1S/C18H15N3O2S/c1-24-17-14(3-2-8-19-17)18(22)21-10-7-12-11-13(4-5-15(12)21)16-6-9-20-23-16/h2-6,8-9,11H,7,10H2,1H3. The molecule has 24 heavy (non-hydrogen) atoms. The van der Waals surface area contributed by atoms with Crippen molar-refractivity contribution in [1.82, 2.24) is 10.1 Å². The smallest absolute Gasteiger partial charge is 0.261 e. The summed E-state index contributed by atoms with van der Waals surface area (Å²) in [6.07, 6.45) is 6.10. The van der Waals surface area contributed by atoms with Crippen molar-refractivity contribution in [3.8, 4) is 11.3 Å². The lowest BCUT2D eigenvalue weighted by Crippen LogP contribution is -2.29. The molecule has 0 saturated heterocycles. The molecule has 0 N–H and O–H groups in total. The van der Waals surface area contributed by atoms with Gasteiger partial charge in [0, 0.05) is 30.1 Å². The number of hydrogen-bond donors (Lipinski definition) is 0. The second kappa shape index (κ2) is 6.13. The first-order chi connectivity index (χ1) is 11.8. The molecule has 0 radical (unpaired) electrons. The van der Waals surface area contributed by atoms with Crippen LogP contribution in [-0.4, -0.2) is 28.8 Å². The van der Waals surface area contributed by atoms with Crippen LogP contribution >= 0.6 is 11.8 Å². The highest BCUT2D eigenvalue weighted by atomic mass is 32.2. The van der Waals surface area contributed by atoms with E-state index in [4.69, 9.17) is 4.52 Å². The molecule has 0 unspecified atom stereocenters. The average molecular weight is 337 g/mol. The molecule has 120 valence electrons. The Bertz CT molecular complexity index is 893. The molecule has 0 aliphatic carbocycles. The van der Waals surface area contributed by atoms with E-state index in [9.17, 15) is 4.79 Å². The van der Waals surface area contributed by atoms with Gasteiger partial charge in [0.15, 0.2) is 5.76 Å². The Morgan fingerprint density at radius 2 is 2.17 bits per heavy atom. The van der Waals surface area contributed by atoms with Crippen molar-refractivity contribution in [2.45, 2.75) is 11.4 Å². The minimum Gasteiger partial charge on any atom is -0.356 e. The van der Waals surface area contributed by atoms with Gasteiger partial charge in [-0.25, -0.2) is 4.98 Å². The maximum absolute atomic E-state index is 12.9. The Hall–Kier alpha value is -2.60. The van der Waals surface area contributed by atoms with Gasteiger partial charge in [0.2, 0.25) is 0 Å². The summed E-state index contributed by atoms with van der Waals surface area (Å²) < 4.78 is 5.21. The number of thioether (sulfide) groups is 1. The molecular weight excluding hydrogens is 322 g/mol. The van der Waals surface area contributed by atoms with Gasteiger partial charge in [0.05, 0.1) is 11.8 Å². The Labute approximate surface area is 143 Å². The van der Waals surface area contributed by atoms with E-state index in [1.165, 1.54) is 11.8 Å². The Morgan fingerprint density at radius 3 is 2.96 bits per heavy atom. The number of amides is 1. The lowest BCUT2D eigenvalue weighted by atomic mass is 10.1. The fraction of sp³-hybridized carbons (Fsp3) is 0.167. The summed E-state index contributed by atoms with van der Waals surface area (Å²) in [4.78, 5) is 19.1. The minimum atomic E-state index is -0.00128. The second-order valence-corrected chi connectivity index (χ2v) is 6.28. The average Bonchev–Trinajstić information content (AvgIpc) is 3.30. The number of benzene rings is 1. The van der Waals surface area contributed by atoms with Crippen LogP contribution in [-0.2, 0) is 6.42 Å². The number of nitrogens with zero attached hydrogens (tertiary/aromatic N) is 3. The zero-order valence-corrected chi connectivity index (χ0v) is 13.9. The largest absolute Gasteiger partial charge is 0.356 e. The first-order valence-electron chi connectivity index (χ1n) is 7.63. The fourth-order valence-electron chi connectivity index (χ4n) is 2.99. The van der Waals surface area contributed by atoms with Gasteiger partial charge in [-0.05, 0) is 48.6 Å². The van der Waals surface area contributed by atoms with Crippen molar-refractivity contribution in [3.63, 3.8) is 0 Å². The van der Waals surface area contributed by atoms with Crippen molar-refractivity contribution in [3.05, 3.63) is 59.9 Å². The van der Waals surface area contributed by atoms with Gasteiger partial charge in [-0.1, -0.05) is 5.16 Å².